The number of pyridine rings is 2. The van der Waals surface area contributed by atoms with Gasteiger partial charge in [0.15, 0.2) is 5.82 Å². The van der Waals surface area contributed by atoms with Crippen molar-refractivity contribution in [1.82, 2.24) is 24.8 Å². The number of carbonyl (C=O) groups is 1. The summed E-state index contributed by atoms with van der Waals surface area (Å²) in [5.74, 6) is 1.18. The number of nitrogens with zero attached hydrogens (tertiary/aromatic N) is 4. The molecular formula is C20H26N6O2. The van der Waals surface area contributed by atoms with E-state index in [0.29, 0.717) is 36.7 Å². The number of amides is 1. The lowest BCUT2D eigenvalue weighted by Gasteiger charge is -2.10. The van der Waals surface area contributed by atoms with Gasteiger partial charge in [0, 0.05) is 37.8 Å². The van der Waals surface area contributed by atoms with Gasteiger partial charge in [-0.1, -0.05) is 0 Å². The number of fused-ring (bicyclic) bond motifs is 1. The summed E-state index contributed by atoms with van der Waals surface area (Å²) >= 11 is 0. The third-order valence-electron chi connectivity index (χ3n) is 4.42. The van der Waals surface area contributed by atoms with Gasteiger partial charge in [-0.25, -0.2) is 9.97 Å². The first-order chi connectivity index (χ1) is 13.6. The number of unbranched alkanes of at least 4 members (excludes halogenated alkanes) is 1. The summed E-state index contributed by atoms with van der Waals surface area (Å²) in [5, 5.41) is 2.92. The van der Waals surface area contributed by atoms with Gasteiger partial charge in [0.25, 0.3) is 5.91 Å². The van der Waals surface area contributed by atoms with Gasteiger partial charge in [0.1, 0.15) is 17.9 Å². The van der Waals surface area contributed by atoms with Crippen LogP contribution in [-0.2, 0) is 17.9 Å². The number of carbonyl (C=O) groups excluding carboxylic acids is 1. The van der Waals surface area contributed by atoms with Crippen LogP contribution in [0.5, 0.6) is 0 Å². The topological polar surface area (TPSA) is 108 Å². The van der Waals surface area contributed by atoms with Crippen molar-refractivity contribution in [3.05, 3.63) is 47.7 Å². The second-order valence-electron chi connectivity index (χ2n) is 6.54. The number of imidazole rings is 1. The standard InChI is InChI=1S/C20H26N6O2/c1-3-28-13-17-25-18-16(11-14(2)24-19(18)21)26(17)10-5-4-9-23-20(27)15-7-6-8-22-12-15/h6-8,11-12H,3-5,9-10,13H2,1-2H3,(H2,21,24)(H,23,27). The Morgan fingerprint density at radius 1 is 1.32 bits per heavy atom. The molecule has 28 heavy (non-hydrogen) atoms. The number of nitrogen functional groups attached to an aromatic ring is 1. The molecule has 3 aromatic rings. The molecular weight excluding hydrogens is 356 g/mol. The van der Waals surface area contributed by atoms with Gasteiger partial charge in [0.2, 0.25) is 0 Å². The van der Waals surface area contributed by atoms with Gasteiger partial charge in [-0.05, 0) is 44.9 Å². The molecule has 0 radical (unpaired) electrons. The van der Waals surface area contributed by atoms with Crippen LogP contribution >= 0.6 is 0 Å². The first kappa shape index (κ1) is 19.8. The fourth-order valence-electron chi connectivity index (χ4n) is 3.07. The smallest absolute Gasteiger partial charge is 0.252 e. The molecule has 148 valence electrons. The Balaban J connectivity index is 1.62. The highest BCUT2D eigenvalue weighted by Gasteiger charge is 2.14. The minimum Gasteiger partial charge on any atom is -0.382 e. The zero-order chi connectivity index (χ0) is 19.9. The maximum absolute atomic E-state index is 12.1. The SMILES string of the molecule is CCOCc1nc2c(N)nc(C)cc2n1CCCCNC(=O)c1cccnc1. The summed E-state index contributed by atoms with van der Waals surface area (Å²) in [4.78, 5) is 25.0. The van der Waals surface area contributed by atoms with Crippen molar-refractivity contribution in [2.24, 2.45) is 0 Å². The van der Waals surface area contributed by atoms with Crippen molar-refractivity contribution < 1.29 is 9.53 Å². The lowest BCUT2D eigenvalue weighted by molar-refractivity contribution is 0.0952. The summed E-state index contributed by atoms with van der Waals surface area (Å²) in [5.41, 5.74) is 9.17. The van der Waals surface area contributed by atoms with Gasteiger partial charge in [-0.15, -0.1) is 0 Å². The van der Waals surface area contributed by atoms with Crippen molar-refractivity contribution in [2.45, 2.75) is 39.8 Å². The highest BCUT2D eigenvalue weighted by molar-refractivity contribution is 5.93. The van der Waals surface area contributed by atoms with Crippen LogP contribution in [0.25, 0.3) is 11.0 Å². The van der Waals surface area contributed by atoms with E-state index in [1.54, 1.807) is 24.5 Å². The molecule has 8 nitrogen and oxygen atoms in total. The summed E-state index contributed by atoms with van der Waals surface area (Å²) < 4.78 is 7.70. The maximum Gasteiger partial charge on any atom is 0.252 e. The average Bonchev–Trinajstić information content (AvgIpc) is 3.04. The number of rotatable bonds is 9. The van der Waals surface area contributed by atoms with Gasteiger partial charge < -0.3 is 20.4 Å². The number of hydrogen-bond donors (Lipinski definition) is 2. The molecule has 3 N–H and O–H groups in total. The molecule has 1 amide bonds. The number of nitrogens with one attached hydrogen (secondary N) is 1. The van der Waals surface area contributed by atoms with Crippen LogP contribution in [0, 0.1) is 6.92 Å². The fraction of sp³-hybridized carbons (Fsp3) is 0.400. The Kier molecular flexibility index (Phi) is 6.54. The fourth-order valence-corrected chi connectivity index (χ4v) is 3.07. The van der Waals surface area contributed by atoms with Crippen molar-refractivity contribution in [2.75, 3.05) is 18.9 Å². The second-order valence-corrected chi connectivity index (χ2v) is 6.54. The van der Waals surface area contributed by atoms with E-state index in [0.717, 1.165) is 36.4 Å². The average molecular weight is 382 g/mol. The van der Waals surface area contributed by atoms with E-state index in [9.17, 15) is 4.79 Å². The Hall–Kier alpha value is -3.00. The maximum atomic E-state index is 12.1. The van der Waals surface area contributed by atoms with Crippen molar-refractivity contribution in [1.29, 1.82) is 0 Å². The van der Waals surface area contributed by atoms with Crippen LogP contribution in [0.2, 0.25) is 0 Å². The third kappa shape index (κ3) is 4.64. The first-order valence-electron chi connectivity index (χ1n) is 9.48. The Labute approximate surface area is 164 Å². The predicted octanol–water partition coefficient (Wildman–Crippen LogP) is 2.46. The molecule has 0 aliphatic rings. The van der Waals surface area contributed by atoms with Crippen LogP contribution in [0.3, 0.4) is 0 Å². The number of aryl methyl sites for hydroxylation is 2. The van der Waals surface area contributed by atoms with Crippen LogP contribution in [-0.4, -0.2) is 38.6 Å². The molecule has 0 saturated heterocycles. The number of hydrogen-bond acceptors (Lipinski definition) is 6. The van der Waals surface area contributed by atoms with Crippen molar-refractivity contribution in [3.63, 3.8) is 0 Å². The summed E-state index contributed by atoms with van der Waals surface area (Å²) in [6.45, 7) is 6.30. The van der Waals surface area contributed by atoms with Crippen LogP contribution in [0.4, 0.5) is 5.82 Å². The van der Waals surface area contributed by atoms with E-state index in [1.165, 1.54) is 0 Å². The molecule has 0 aromatic carbocycles. The molecule has 3 aromatic heterocycles. The first-order valence-corrected chi connectivity index (χ1v) is 9.48. The molecule has 3 heterocycles. The largest absolute Gasteiger partial charge is 0.382 e. The van der Waals surface area contributed by atoms with E-state index in [2.05, 4.69) is 24.8 Å². The Morgan fingerprint density at radius 2 is 2.18 bits per heavy atom. The monoisotopic (exact) mass is 382 g/mol. The number of nitrogens with two attached hydrogens (primary N) is 1. The zero-order valence-corrected chi connectivity index (χ0v) is 16.3. The van der Waals surface area contributed by atoms with Gasteiger partial charge >= 0.3 is 0 Å². The van der Waals surface area contributed by atoms with Gasteiger partial charge in [-0.2, -0.15) is 0 Å². The summed E-state index contributed by atoms with van der Waals surface area (Å²) in [6.07, 6.45) is 4.95. The molecule has 0 aliphatic carbocycles. The van der Waals surface area contributed by atoms with E-state index in [1.807, 2.05) is 19.9 Å². The third-order valence-corrected chi connectivity index (χ3v) is 4.42. The summed E-state index contributed by atoms with van der Waals surface area (Å²) in [7, 11) is 0. The lowest BCUT2D eigenvalue weighted by Crippen LogP contribution is -2.24. The van der Waals surface area contributed by atoms with E-state index in [-0.39, 0.29) is 5.91 Å². The van der Waals surface area contributed by atoms with E-state index < -0.39 is 0 Å². The quantitative estimate of drug-likeness (QED) is 0.551. The minimum absolute atomic E-state index is 0.104. The predicted molar refractivity (Wildman–Crippen MR) is 108 cm³/mol. The molecule has 3 rings (SSSR count). The van der Waals surface area contributed by atoms with Crippen LogP contribution in [0.1, 0.15) is 41.6 Å². The van der Waals surface area contributed by atoms with Gasteiger partial charge in [-0.3, -0.25) is 9.78 Å². The molecule has 0 fully saturated rings. The van der Waals surface area contributed by atoms with Crippen LogP contribution < -0.4 is 11.1 Å². The molecule has 0 atom stereocenters. The minimum atomic E-state index is -0.104. The second kappa shape index (κ2) is 9.27. The molecule has 0 unspecified atom stereocenters. The molecule has 0 spiro atoms. The molecule has 0 saturated carbocycles. The van der Waals surface area contributed by atoms with Crippen molar-refractivity contribution >= 4 is 22.8 Å². The Bertz CT molecular complexity index is 939. The highest BCUT2D eigenvalue weighted by atomic mass is 16.5. The molecule has 8 heteroatoms. The number of anilines is 1. The number of aromatic nitrogens is 4. The van der Waals surface area contributed by atoms with E-state index >= 15 is 0 Å². The summed E-state index contributed by atoms with van der Waals surface area (Å²) in [6, 6.07) is 5.50. The zero-order valence-electron chi connectivity index (χ0n) is 16.3. The van der Waals surface area contributed by atoms with Crippen molar-refractivity contribution in [3.8, 4) is 0 Å². The Morgan fingerprint density at radius 3 is 2.93 bits per heavy atom. The van der Waals surface area contributed by atoms with Crippen LogP contribution in [0.15, 0.2) is 30.6 Å². The normalized spacial score (nSPS) is 11.1. The highest BCUT2D eigenvalue weighted by Crippen LogP contribution is 2.22. The number of ether oxygens (including phenoxy) is 1. The molecule has 0 bridgehead atoms. The molecule has 0 aliphatic heterocycles. The van der Waals surface area contributed by atoms with E-state index in [4.69, 9.17) is 10.5 Å². The van der Waals surface area contributed by atoms with Gasteiger partial charge in [0.05, 0.1) is 11.1 Å². The lowest BCUT2D eigenvalue weighted by atomic mass is 10.2.